The van der Waals surface area contributed by atoms with Gasteiger partial charge in [0.25, 0.3) is 0 Å². The predicted octanol–water partition coefficient (Wildman–Crippen LogP) is 2.66. The third-order valence-electron chi connectivity index (χ3n) is 2.65. The van der Waals surface area contributed by atoms with Gasteiger partial charge in [-0.3, -0.25) is 5.32 Å². The molecule has 1 heterocycles. The van der Waals surface area contributed by atoms with Crippen molar-refractivity contribution in [2.75, 3.05) is 12.9 Å². The second-order valence-corrected chi connectivity index (χ2v) is 5.72. The van der Waals surface area contributed by atoms with Crippen molar-refractivity contribution in [3.05, 3.63) is 29.8 Å². The number of hydrogen-bond acceptors (Lipinski definition) is 5. The maximum absolute atomic E-state index is 8.64. The summed E-state index contributed by atoms with van der Waals surface area (Å²) in [5.74, 6) is 0.644. The van der Waals surface area contributed by atoms with Gasteiger partial charge < -0.3 is 4.74 Å². The van der Waals surface area contributed by atoms with Crippen molar-refractivity contribution in [2.45, 2.75) is 19.4 Å². The average Bonchev–Trinajstić information content (AvgIpc) is 2.79. The van der Waals surface area contributed by atoms with Crippen molar-refractivity contribution in [1.29, 1.82) is 5.26 Å². The molecule has 2 rings (SSSR count). The summed E-state index contributed by atoms with van der Waals surface area (Å²) in [6.07, 6.45) is 3.73. The smallest absolute Gasteiger partial charge is 0.216 e. The van der Waals surface area contributed by atoms with Gasteiger partial charge >= 0.3 is 0 Å². The van der Waals surface area contributed by atoms with E-state index in [-0.39, 0.29) is 5.54 Å². The first-order chi connectivity index (χ1) is 9.54. The highest BCUT2D eigenvalue weighted by atomic mass is 32.2. The number of hydrogen-bond donors (Lipinski definition) is 1. The Balaban J connectivity index is 2.28. The highest BCUT2D eigenvalue weighted by Gasteiger charge is 2.26. The van der Waals surface area contributed by atoms with E-state index < -0.39 is 0 Å². The molecule has 1 aromatic carbocycles. The number of benzene rings is 1. The first-order valence-electron chi connectivity index (χ1n) is 6.15. The van der Waals surface area contributed by atoms with Gasteiger partial charge in [-0.2, -0.15) is 5.26 Å². The number of nitrogens with zero attached hydrogens (tertiary/aromatic N) is 3. The molecule has 1 aliphatic rings. The molecule has 20 heavy (non-hydrogen) atoms. The predicted molar refractivity (Wildman–Crippen MR) is 82.4 cm³/mol. The first kappa shape index (κ1) is 14.4. The average molecular weight is 288 g/mol. The van der Waals surface area contributed by atoms with Crippen LogP contribution in [0.3, 0.4) is 0 Å². The van der Waals surface area contributed by atoms with E-state index in [1.807, 2.05) is 50.6 Å². The Morgan fingerprint density at radius 2 is 2.35 bits per heavy atom. The lowest BCUT2D eigenvalue weighted by molar-refractivity contribution is 0.279. The number of nitrogens with one attached hydrogen (secondary N) is 1. The molecule has 1 aliphatic heterocycles. The fourth-order valence-corrected chi connectivity index (χ4v) is 2.07. The van der Waals surface area contributed by atoms with Crippen molar-refractivity contribution in [3.63, 3.8) is 0 Å². The molecule has 5 nitrogen and oxygen atoms in total. The Bertz CT molecular complexity index is 601. The summed E-state index contributed by atoms with van der Waals surface area (Å²) in [6.45, 7) is 4.65. The van der Waals surface area contributed by atoms with Crippen LogP contribution in [0.2, 0.25) is 0 Å². The van der Waals surface area contributed by atoms with Crippen molar-refractivity contribution in [1.82, 2.24) is 5.32 Å². The largest absolute Gasteiger partial charge is 0.475 e. The lowest BCUT2D eigenvalue weighted by atomic mass is 10.1. The van der Waals surface area contributed by atoms with Crippen molar-refractivity contribution < 1.29 is 4.74 Å². The Kier molecular flexibility index (Phi) is 4.30. The molecule has 0 atom stereocenters. The second-order valence-electron chi connectivity index (χ2n) is 4.93. The summed E-state index contributed by atoms with van der Waals surface area (Å²) in [5.41, 5.74) is 1.47. The van der Waals surface area contributed by atoms with E-state index in [9.17, 15) is 0 Å². The quantitative estimate of drug-likeness (QED) is 0.393. The molecule has 1 N–H and O–H groups in total. The van der Waals surface area contributed by atoms with Crippen LogP contribution in [0.4, 0.5) is 5.69 Å². The molecule has 0 aliphatic carbocycles. The van der Waals surface area contributed by atoms with E-state index in [4.69, 9.17) is 10.00 Å². The van der Waals surface area contributed by atoms with E-state index in [0.29, 0.717) is 17.7 Å². The number of rotatable bonds is 2. The Morgan fingerprint density at radius 1 is 1.55 bits per heavy atom. The van der Waals surface area contributed by atoms with Crippen LogP contribution in [0.15, 0.2) is 34.3 Å². The van der Waals surface area contributed by atoms with Gasteiger partial charge in [0.05, 0.1) is 11.2 Å². The highest BCUT2D eigenvalue weighted by Crippen LogP contribution is 2.23. The van der Waals surface area contributed by atoms with Crippen LogP contribution in [0.1, 0.15) is 19.4 Å². The number of nitriles is 1. The summed E-state index contributed by atoms with van der Waals surface area (Å²) in [4.78, 5) is 8.91. The van der Waals surface area contributed by atoms with Gasteiger partial charge in [-0.15, -0.1) is 0 Å². The van der Waals surface area contributed by atoms with Crippen molar-refractivity contribution in [3.8, 4) is 6.19 Å². The van der Waals surface area contributed by atoms with Crippen LogP contribution in [-0.2, 0) is 4.74 Å². The molecule has 0 saturated carbocycles. The van der Waals surface area contributed by atoms with Crippen LogP contribution in [0, 0.1) is 11.5 Å². The molecule has 0 fully saturated rings. The van der Waals surface area contributed by atoms with Crippen molar-refractivity contribution in [2.24, 2.45) is 9.98 Å². The molecule has 0 amide bonds. The minimum absolute atomic E-state index is 0.179. The number of ether oxygens (including phenoxy) is 1. The zero-order chi connectivity index (χ0) is 14.6. The van der Waals surface area contributed by atoms with Gasteiger partial charge in [-0.1, -0.05) is 17.8 Å². The van der Waals surface area contributed by atoms with E-state index in [1.54, 1.807) is 0 Å². The number of aliphatic imine (C=N–C) groups is 2. The van der Waals surface area contributed by atoms with E-state index in [2.05, 4.69) is 15.3 Å². The summed E-state index contributed by atoms with van der Waals surface area (Å²) in [7, 11) is 0. The van der Waals surface area contributed by atoms with Crippen LogP contribution in [-0.4, -0.2) is 29.5 Å². The standard InChI is InChI=1S/C14H16N4OS/c1-14(2)8-19-12(18-14)10-5-4-6-11(7-10)17-13(20-3)16-9-15/h4-7H,8H2,1-3H3,(H,16,17). The first-order valence-corrected chi connectivity index (χ1v) is 7.37. The van der Waals surface area contributed by atoms with Gasteiger partial charge in [-0.05, 0) is 38.3 Å². The molecule has 104 valence electrons. The molecule has 0 aromatic heterocycles. The topological polar surface area (TPSA) is 69.8 Å². The lowest BCUT2D eigenvalue weighted by Gasteiger charge is -2.07. The monoisotopic (exact) mass is 288 g/mol. The maximum atomic E-state index is 8.64. The molecule has 0 bridgehead atoms. The Hall–Kier alpha value is -2.00. The minimum Gasteiger partial charge on any atom is -0.475 e. The molecule has 6 heteroatoms. The number of thioether (sulfide) groups is 1. The second kappa shape index (κ2) is 5.97. The Labute approximate surface area is 122 Å². The van der Waals surface area contributed by atoms with Crippen LogP contribution in [0.5, 0.6) is 0 Å². The summed E-state index contributed by atoms with van der Waals surface area (Å²) in [6, 6.07) is 7.61. The van der Waals surface area contributed by atoms with Gasteiger partial charge in [-0.25, -0.2) is 9.98 Å². The van der Waals surface area contributed by atoms with Crippen LogP contribution in [0.25, 0.3) is 0 Å². The van der Waals surface area contributed by atoms with Crippen molar-refractivity contribution >= 4 is 28.5 Å². The summed E-state index contributed by atoms with van der Waals surface area (Å²) in [5, 5.41) is 11.7. The molecule has 0 unspecified atom stereocenters. The number of amidine groups is 1. The molecule has 0 spiro atoms. The Morgan fingerprint density at radius 3 is 2.95 bits per heavy atom. The van der Waals surface area contributed by atoms with E-state index >= 15 is 0 Å². The SMILES string of the molecule is CSC(=Nc1cccc(C2=NC(C)(C)CO2)c1)NC#N. The molecular weight excluding hydrogens is 272 g/mol. The third-order valence-corrected chi connectivity index (χ3v) is 3.23. The zero-order valence-electron chi connectivity index (χ0n) is 11.7. The summed E-state index contributed by atoms with van der Waals surface area (Å²) < 4.78 is 5.62. The molecule has 1 aromatic rings. The van der Waals surface area contributed by atoms with Gasteiger partial charge in [0, 0.05) is 5.56 Å². The van der Waals surface area contributed by atoms with Crippen LogP contribution < -0.4 is 5.32 Å². The normalized spacial score (nSPS) is 17.1. The van der Waals surface area contributed by atoms with Gasteiger partial charge in [0.1, 0.15) is 6.61 Å². The van der Waals surface area contributed by atoms with Crippen LogP contribution >= 0.6 is 11.8 Å². The summed E-state index contributed by atoms with van der Waals surface area (Å²) >= 11 is 1.38. The fraction of sp³-hybridized carbons (Fsp3) is 0.357. The van der Waals surface area contributed by atoms with E-state index in [0.717, 1.165) is 11.3 Å². The van der Waals surface area contributed by atoms with Gasteiger partial charge in [0.15, 0.2) is 11.4 Å². The zero-order valence-corrected chi connectivity index (χ0v) is 12.5. The molecule has 0 radical (unpaired) electrons. The highest BCUT2D eigenvalue weighted by molar-refractivity contribution is 8.13. The van der Waals surface area contributed by atoms with Gasteiger partial charge in [0.2, 0.25) is 5.90 Å². The molecular formula is C14H16N4OS. The molecule has 0 saturated heterocycles. The maximum Gasteiger partial charge on any atom is 0.216 e. The van der Waals surface area contributed by atoms with E-state index in [1.165, 1.54) is 11.8 Å². The minimum atomic E-state index is -0.179. The third kappa shape index (κ3) is 3.52. The lowest BCUT2D eigenvalue weighted by Crippen LogP contribution is -2.17. The fourth-order valence-electron chi connectivity index (χ4n) is 1.73.